The summed E-state index contributed by atoms with van der Waals surface area (Å²) in [7, 11) is 0. The van der Waals surface area contributed by atoms with Crippen LogP contribution in [0.2, 0.25) is 0 Å². The minimum atomic E-state index is -0.0404. The highest BCUT2D eigenvalue weighted by molar-refractivity contribution is 8.01. The van der Waals surface area contributed by atoms with E-state index in [1.165, 1.54) is 23.1 Å². The van der Waals surface area contributed by atoms with Crippen LogP contribution in [0.25, 0.3) is 0 Å². The molecule has 6 nitrogen and oxygen atoms in total. The first kappa shape index (κ1) is 16.5. The van der Waals surface area contributed by atoms with E-state index in [1.807, 2.05) is 11.8 Å². The predicted molar refractivity (Wildman–Crippen MR) is 86.0 cm³/mol. The van der Waals surface area contributed by atoms with Crippen molar-refractivity contribution in [1.29, 1.82) is 0 Å². The summed E-state index contributed by atoms with van der Waals surface area (Å²) in [4.78, 5) is 14.0. The Kier molecular flexibility index (Phi) is 5.45. The van der Waals surface area contributed by atoms with E-state index in [0.29, 0.717) is 25.4 Å². The monoisotopic (exact) mass is 330 g/mol. The molecule has 0 radical (unpaired) electrons. The van der Waals surface area contributed by atoms with Crippen molar-refractivity contribution in [2.45, 2.75) is 43.7 Å². The molecule has 8 heteroatoms. The number of nitrogens with zero attached hydrogens (tertiary/aromatic N) is 3. The molecule has 1 amide bonds. The van der Waals surface area contributed by atoms with Crippen molar-refractivity contribution in [3.8, 4) is 0 Å². The topological polar surface area (TPSA) is 67.4 Å². The van der Waals surface area contributed by atoms with Crippen LogP contribution in [-0.2, 0) is 9.53 Å². The molecular weight excluding hydrogens is 308 g/mol. The van der Waals surface area contributed by atoms with Gasteiger partial charge >= 0.3 is 0 Å². The maximum absolute atomic E-state index is 12.1. The summed E-state index contributed by atoms with van der Waals surface area (Å²) in [5.41, 5.74) is -0.0404. The molecule has 0 saturated carbocycles. The van der Waals surface area contributed by atoms with Gasteiger partial charge in [0.25, 0.3) is 0 Å². The second-order valence-corrected chi connectivity index (χ2v) is 8.26. The van der Waals surface area contributed by atoms with E-state index in [1.54, 1.807) is 0 Å². The first-order chi connectivity index (χ1) is 9.83. The number of thioether (sulfide) groups is 1. The number of carbonyl (C=O) groups is 1. The molecule has 0 aliphatic carbocycles. The molecule has 2 rings (SSSR count). The number of rotatable bonds is 4. The minimum absolute atomic E-state index is 0.0404. The quantitative estimate of drug-likeness (QED) is 0.853. The summed E-state index contributed by atoms with van der Waals surface area (Å²) in [6.07, 6.45) is 0.122. The number of aromatic nitrogens is 2. The van der Waals surface area contributed by atoms with E-state index < -0.39 is 0 Å². The molecule has 1 unspecified atom stereocenters. The number of anilines is 1. The number of ether oxygens (including phenoxy) is 1. The average molecular weight is 330 g/mol. The van der Waals surface area contributed by atoms with Crippen LogP contribution >= 0.6 is 23.1 Å². The van der Waals surface area contributed by atoms with Gasteiger partial charge in [-0.25, -0.2) is 0 Å². The number of carbonyl (C=O) groups excluding carboxylic acids is 1. The van der Waals surface area contributed by atoms with Crippen LogP contribution in [0.1, 0.15) is 27.7 Å². The molecule has 0 bridgehead atoms. The molecule has 118 valence electrons. The third-order valence-electron chi connectivity index (χ3n) is 2.80. The highest BCUT2D eigenvalue weighted by atomic mass is 32.2. The maximum Gasteiger partial charge on any atom is 0.233 e. The van der Waals surface area contributed by atoms with Crippen LogP contribution in [0.3, 0.4) is 0 Å². The molecule has 2 heterocycles. The van der Waals surface area contributed by atoms with E-state index in [4.69, 9.17) is 4.74 Å². The van der Waals surface area contributed by atoms with Gasteiger partial charge < -0.3 is 15.0 Å². The van der Waals surface area contributed by atoms with Gasteiger partial charge in [0.1, 0.15) is 0 Å². The van der Waals surface area contributed by atoms with Crippen LogP contribution in [0.4, 0.5) is 5.13 Å². The Morgan fingerprint density at radius 3 is 2.95 bits per heavy atom. The maximum atomic E-state index is 12.1. The van der Waals surface area contributed by atoms with Crippen molar-refractivity contribution in [2.24, 2.45) is 0 Å². The lowest BCUT2D eigenvalue weighted by Crippen LogP contribution is -2.45. The summed E-state index contributed by atoms with van der Waals surface area (Å²) in [6.45, 7) is 10.2. The number of morpholine rings is 1. The Balaban J connectivity index is 1.81. The Labute approximate surface area is 133 Å². The summed E-state index contributed by atoms with van der Waals surface area (Å²) >= 11 is 2.93. The molecule has 1 saturated heterocycles. The lowest BCUT2D eigenvalue weighted by molar-refractivity contribution is -0.135. The largest absolute Gasteiger partial charge is 0.375 e. The average Bonchev–Trinajstić information content (AvgIpc) is 2.81. The summed E-state index contributed by atoms with van der Waals surface area (Å²) in [6, 6.07) is 0. The van der Waals surface area contributed by atoms with Crippen molar-refractivity contribution >= 4 is 34.1 Å². The van der Waals surface area contributed by atoms with Gasteiger partial charge in [-0.1, -0.05) is 23.1 Å². The van der Waals surface area contributed by atoms with Gasteiger partial charge in [-0.2, -0.15) is 0 Å². The standard InChI is InChI=1S/C13H22N4O2S2/c1-9-7-17(5-6-19-9)10(18)8-20-12-16-15-11(21-12)14-13(2,3)4/h9H,5-8H2,1-4H3,(H,14,15). The zero-order valence-electron chi connectivity index (χ0n) is 12.9. The molecule has 21 heavy (non-hydrogen) atoms. The van der Waals surface area contributed by atoms with Crippen molar-refractivity contribution in [2.75, 3.05) is 30.8 Å². The normalized spacial score (nSPS) is 19.6. The first-order valence-electron chi connectivity index (χ1n) is 6.97. The SMILES string of the molecule is CC1CN(C(=O)CSc2nnc(NC(C)(C)C)s2)CCO1. The fourth-order valence-electron chi connectivity index (χ4n) is 1.90. The van der Waals surface area contributed by atoms with E-state index in [-0.39, 0.29) is 17.6 Å². The third kappa shape index (κ3) is 5.44. The highest BCUT2D eigenvalue weighted by Crippen LogP contribution is 2.27. The number of hydrogen-bond donors (Lipinski definition) is 1. The van der Waals surface area contributed by atoms with E-state index in [2.05, 4.69) is 36.3 Å². The molecule has 1 aliphatic heterocycles. The summed E-state index contributed by atoms with van der Waals surface area (Å²) in [5.74, 6) is 0.535. The van der Waals surface area contributed by atoms with E-state index >= 15 is 0 Å². The molecule has 1 aromatic heterocycles. The Morgan fingerprint density at radius 1 is 1.52 bits per heavy atom. The fraction of sp³-hybridized carbons (Fsp3) is 0.769. The van der Waals surface area contributed by atoms with Gasteiger partial charge in [0, 0.05) is 18.6 Å². The first-order valence-corrected chi connectivity index (χ1v) is 8.77. The van der Waals surface area contributed by atoms with Gasteiger partial charge in [0.2, 0.25) is 11.0 Å². The molecule has 1 N–H and O–H groups in total. The zero-order valence-corrected chi connectivity index (χ0v) is 14.5. The third-order valence-corrected chi connectivity index (χ3v) is 4.76. The molecule has 1 aliphatic rings. The lowest BCUT2D eigenvalue weighted by atomic mass is 10.1. The van der Waals surface area contributed by atoms with Crippen LogP contribution < -0.4 is 5.32 Å². The second-order valence-electron chi connectivity index (χ2n) is 6.06. The minimum Gasteiger partial charge on any atom is -0.375 e. The van der Waals surface area contributed by atoms with Gasteiger partial charge in [-0.15, -0.1) is 10.2 Å². The van der Waals surface area contributed by atoms with Crippen molar-refractivity contribution in [1.82, 2.24) is 15.1 Å². The van der Waals surface area contributed by atoms with Crippen molar-refractivity contribution in [3.63, 3.8) is 0 Å². The van der Waals surface area contributed by atoms with Crippen LogP contribution in [0.5, 0.6) is 0 Å². The Bertz CT molecular complexity index is 487. The Morgan fingerprint density at radius 2 is 2.29 bits per heavy atom. The predicted octanol–water partition coefficient (Wildman–Crippen LogP) is 2.09. The highest BCUT2D eigenvalue weighted by Gasteiger charge is 2.22. The summed E-state index contributed by atoms with van der Waals surface area (Å²) in [5, 5.41) is 12.3. The molecular formula is C13H22N4O2S2. The van der Waals surface area contributed by atoms with Crippen LogP contribution in [-0.4, -0.2) is 58.1 Å². The number of amides is 1. The molecule has 1 aromatic rings. The Hall–Kier alpha value is -0.860. The van der Waals surface area contributed by atoms with Crippen LogP contribution in [0.15, 0.2) is 4.34 Å². The van der Waals surface area contributed by atoms with Gasteiger partial charge in [-0.05, 0) is 27.7 Å². The van der Waals surface area contributed by atoms with Crippen molar-refractivity contribution < 1.29 is 9.53 Å². The van der Waals surface area contributed by atoms with E-state index in [9.17, 15) is 4.79 Å². The number of hydrogen-bond acceptors (Lipinski definition) is 7. The molecule has 1 fully saturated rings. The molecule has 0 aromatic carbocycles. The van der Waals surface area contributed by atoms with Gasteiger partial charge in [0.05, 0.1) is 18.5 Å². The smallest absolute Gasteiger partial charge is 0.233 e. The lowest BCUT2D eigenvalue weighted by Gasteiger charge is -2.31. The summed E-state index contributed by atoms with van der Waals surface area (Å²) < 4.78 is 6.26. The van der Waals surface area contributed by atoms with Gasteiger partial charge in [0.15, 0.2) is 4.34 Å². The van der Waals surface area contributed by atoms with Crippen LogP contribution in [0, 0.1) is 0 Å². The van der Waals surface area contributed by atoms with E-state index in [0.717, 1.165) is 9.47 Å². The van der Waals surface area contributed by atoms with Crippen molar-refractivity contribution in [3.05, 3.63) is 0 Å². The van der Waals surface area contributed by atoms with Gasteiger partial charge in [-0.3, -0.25) is 4.79 Å². The second kappa shape index (κ2) is 6.93. The molecule has 1 atom stereocenters. The fourth-order valence-corrected chi connectivity index (χ4v) is 3.76. The number of nitrogens with one attached hydrogen (secondary N) is 1. The zero-order chi connectivity index (χ0) is 15.5. The molecule has 0 spiro atoms.